The smallest absolute Gasteiger partial charge is 0.277 e. The van der Waals surface area contributed by atoms with Crippen LogP contribution in [0.25, 0.3) is 5.52 Å². The molecule has 1 N–H and O–H groups in total. The lowest BCUT2D eigenvalue weighted by Crippen LogP contribution is -2.25. The molecule has 0 aliphatic heterocycles. The van der Waals surface area contributed by atoms with Gasteiger partial charge in [0.15, 0.2) is 0 Å². The standard InChI is InChI=1S/C26H30N4O2/c31-25(27-15-14-19-6-2-1-3-7-19)21-12-10-20(11-13-21)18-29-16-17-30-24(26(29)32)22-8-4-5-9-23(22)28-30/h6,10-13,16-17H,1-5,7-9,14-15,18H2,(H,27,31). The highest BCUT2D eigenvalue weighted by Crippen LogP contribution is 2.23. The number of amides is 1. The summed E-state index contributed by atoms with van der Waals surface area (Å²) in [6.45, 7) is 1.16. The second-order valence-electron chi connectivity index (χ2n) is 8.97. The fraction of sp³-hybridized carbons (Fsp3) is 0.423. The maximum absolute atomic E-state index is 13.1. The third-order valence-corrected chi connectivity index (χ3v) is 6.72. The van der Waals surface area contributed by atoms with Crippen molar-refractivity contribution in [3.8, 4) is 0 Å². The van der Waals surface area contributed by atoms with E-state index >= 15 is 0 Å². The quantitative estimate of drug-likeness (QED) is 0.600. The molecule has 0 unspecified atom stereocenters. The molecule has 1 aromatic carbocycles. The summed E-state index contributed by atoms with van der Waals surface area (Å²) in [4.78, 5) is 25.6. The van der Waals surface area contributed by atoms with Crippen LogP contribution in [0.15, 0.2) is 53.1 Å². The van der Waals surface area contributed by atoms with Crippen LogP contribution in [-0.2, 0) is 19.4 Å². The third kappa shape index (κ3) is 4.27. The summed E-state index contributed by atoms with van der Waals surface area (Å²) in [6, 6.07) is 7.55. The van der Waals surface area contributed by atoms with E-state index in [2.05, 4.69) is 16.5 Å². The van der Waals surface area contributed by atoms with Gasteiger partial charge in [-0.1, -0.05) is 23.8 Å². The first-order valence-electron chi connectivity index (χ1n) is 11.8. The molecular formula is C26H30N4O2. The van der Waals surface area contributed by atoms with Gasteiger partial charge in [0.25, 0.3) is 11.5 Å². The summed E-state index contributed by atoms with van der Waals surface area (Å²) in [5, 5.41) is 7.63. The molecule has 2 aromatic heterocycles. The number of allylic oxidation sites excluding steroid dienone is 1. The van der Waals surface area contributed by atoms with Gasteiger partial charge in [-0.25, -0.2) is 4.52 Å². The molecule has 2 aliphatic carbocycles. The molecule has 0 spiro atoms. The molecule has 6 nitrogen and oxygen atoms in total. The van der Waals surface area contributed by atoms with Crippen molar-refractivity contribution < 1.29 is 4.79 Å². The monoisotopic (exact) mass is 430 g/mol. The zero-order chi connectivity index (χ0) is 21.9. The molecule has 2 aliphatic rings. The van der Waals surface area contributed by atoms with Crippen LogP contribution < -0.4 is 10.9 Å². The molecule has 3 aromatic rings. The number of nitrogens with one attached hydrogen (secondary N) is 1. The van der Waals surface area contributed by atoms with Gasteiger partial charge in [0, 0.05) is 30.1 Å². The van der Waals surface area contributed by atoms with Crippen LogP contribution >= 0.6 is 0 Å². The van der Waals surface area contributed by atoms with E-state index in [1.165, 1.54) is 24.8 Å². The molecule has 0 bridgehead atoms. The lowest BCUT2D eigenvalue weighted by Gasteiger charge is -2.13. The first kappa shape index (κ1) is 20.7. The Morgan fingerprint density at radius 1 is 1.00 bits per heavy atom. The maximum atomic E-state index is 13.1. The van der Waals surface area contributed by atoms with Crippen LogP contribution in [0.3, 0.4) is 0 Å². The number of nitrogens with zero attached hydrogens (tertiary/aromatic N) is 3. The number of hydrogen-bond acceptors (Lipinski definition) is 3. The molecular weight excluding hydrogens is 400 g/mol. The Kier molecular flexibility index (Phi) is 5.93. The average Bonchev–Trinajstić information content (AvgIpc) is 3.21. The van der Waals surface area contributed by atoms with Crippen molar-refractivity contribution in [1.82, 2.24) is 19.5 Å². The van der Waals surface area contributed by atoms with Crippen molar-refractivity contribution in [2.45, 2.75) is 64.3 Å². The Labute approximate surface area is 188 Å². The Morgan fingerprint density at radius 2 is 1.81 bits per heavy atom. The van der Waals surface area contributed by atoms with Gasteiger partial charge in [-0.15, -0.1) is 0 Å². The molecule has 0 atom stereocenters. The number of hydrogen-bond donors (Lipinski definition) is 1. The number of aryl methyl sites for hydroxylation is 2. The lowest BCUT2D eigenvalue weighted by atomic mass is 9.97. The van der Waals surface area contributed by atoms with E-state index in [4.69, 9.17) is 0 Å². The molecule has 0 radical (unpaired) electrons. The van der Waals surface area contributed by atoms with Crippen molar-refractivity contribution in [2.75, 3.05) is 6.54 Å². The van der Waals surface area contributed by atoms with Crippen molar-refractivity contribution in [3.05, 3.63) is 81.0 Å². The van der Waals surface area contributed by atoms with E-state index < -0.39 is 0 Å². The van der Waals surface area contributed by atoms with E-state index in [9.17, 15) is 9.59 Å². The Morgan fingerprint density at radius 3 is 2.62 bits per heavy atom. The fourth-order valence-electron chi connectivity index (χ4n) is 4.91. The predicted octanol–water partition coefficient (Wildman–Crippen LogP) is 4.04. The zero-order valence-corrected chi connectivity index (χ0v) is 18.5. The second kappa shape index (κ2) is 9.15. The number of aromatic nitrogens is 3. The zero-order valence-electron chi connectivity index (χ0n) is 18.5. The van der Waals surface area contributed by atoms with Crippen molar-refractivity contribution in [1.29, 1.82) is 0 Å². The van der Waals surface area contributed by atoms with Crippen molar-refractivity contribution in [3.63, 3.8) is 0 Å². The summed E-state index contributed by atoms with van der Waals surface area (Å²) in [5.74, 6) is -0.0440. The molecule has 1 amide bonds. The summed E-state index contributed by atoms with van der Waals surface area (Å²) >= 11 is 0. The highest BCUT2D eigenvalue weighted by atomic mass is 16.1. The first-order valence-corrected chi connectivity index (χ1v) is 11.8. The number of carbonyl (C=O) groups excluding carboxylic acids is 1. The Hall–Kier alpha value is -3.15. The lowest BCUT2D eigenvalue weighted by molar-refractivity contribution is 0.0954. The summed E-state index contributed by atoms with van der Waals surface area (Å²) < 4.78 is 3.48. The van der Waals surface area contributed by atoms with Crippen LogP contribution in [0.1, 0.15) is 72.1 Å². The van der Waals surface area contributed by atoms with Gasteiger partial charge in [0.05, 0.1) is 12.2 Å². The number of rotatable bonds is 6. The predicted molar refractivity (Wildman–Crippen MR) is 125 cm³/mol. The molecule has 166 valence electrons. The molecule has 0 fully saturated rings. The van der Waals surface area contributed by atoms with Crippen molar-refractivity contribution >= 4 is 11.4 Å². The number of benzene rings is 1. The SMILES string of the molecule is O=C(NCCC1=CCCCC1)c1ccc(Cn2ccn3nc4c(c3c2=O)CCCC4)cc1. The topological polar surface area (TPSA) is 68.4 Å². The Bertz CT molecular complexity index is 1220. The van der Waals surface area contributed by atoms with E-state index in [0.29, 0.717) is 24.2 Å². The third-order valence-electron chi connectivity index (χ3n) is 6.72. The molecule has 6 heteroatoms. The fourth-order valence-corrected chi connectivity index (χ4v) is 4.91. The minimum absolute atomic E-state index is 0.00184. The molecule has 0 saturated carbocycles. The molecule has 32 heavy (non-hydrogen) atoms. The summed E-state index contributed by atoms with van der Waals surface area (Å²) in [6.07, 6.45) is 16.0. The van der Waals surface area contributed by atoms with E-state index in [1.807, 2.05) is 30.5 Å². The van der Waals surface area contributed by atoms with Crippen LogP contribution in [0.2, 0.25) is 0 Å². The van der Waals surface area contributed by atoms with Crippen LogP contribution in [0.4, 0.5) is 0 Å². The van der Waals surface area contributed by atoms with Gasteiger partial charge in [-0.3, -0.25) is 9.59 Å². The molecule has 5 rings (SSSR count). The average molecular weight is 431 g/mol. The normalized spacial score (nSPS) is 15.9. The number of carbonyl (C=O) groups is 1. The van der Waals surface area contributed by atoms with Gasteiger partial charge in [-0.05, 0) is 75.5 Å². The number of fused-ring (bicyclic) bond motifs is 3. The van der Waals surface area contributed by atoms with Crippen LogP contribution in [0, 0.1) is 0 Å². The van der Waals surface area contributed by atoms with Gasteiger partial charge >= 0.3 is 0 Å². The van der Waals surface area contributed by atoms with Crippen LogP contribution in [0.5, 0.6) is 0 Å². The first-order chi connectivity index (χ1) is 15.7. The minimum atomic E-state index is -0.0440. The largest absolute Gasteiger partial charge is 0.352 e. The van der Waals surface area contributed by atoms with Crippen LogP contribution in [-0.4, -0.2) is 26.6 Å². The van der Waals surface area contributed by atoms with E-state index in [1.54, 1.807) is 15.3 Å². The molecule has 2 heterocycles. The maximum Gasteiger partial charge on any atom is 0.277 e. The highest BCUT2D eigenvalue weighted by molar-refractivity contribution is 5.94. The van der Waals surface area contributed by atoms with Crippen molar-refractivity contribution in [2.24, 2.45) is 0 Å². The van der Waals surface area contributed by atoms with E-state index in [0.717, 1.165) is 55.3 Å². The van der Waals surface area contributed by atoms with Gasteiger partial charge in [0.1, 0.15) is 5.52 Å². The highest BCUT2D eigenvalue weighted by Gasteiger charge is 2.19. The summed E-state index contributed by atoms with van der Waals surface area (Å²) in [7, 11) is 0. The molecule has 0 saturated heterocycles. The Balaban J connectivity index is 1.25. The minimum Gasteiger partial charge on any atom is -0.352 e. The summed E-state index contributed by atoms with van der Waals surface area (Å²) in [5.41, 5.74) is 6.02. The van der Waals surface area contributed by atoms with Gasteiger partial charge in [-0.2, -0.15) is 5.10 Å². The van der Waals surface area contributed by atoms with Gasteiger partial charge < -0.3 is 9.88 Å². The second-order valence-corrected chi connectivity index (χ2v) is 8.97. The van der Waals surface area contributed by atoms with E-state index in [-0.39, 0.29) is 11.5 Å². The van der Waals surface area contributed by atoms with Gasteiger partial charge in [0.2, 0.25) is 0 Å².